The summed E-state index contributed by atoms with van der Waals surface area (Å²) in [7, 11) is 1.83. The molecule has 1 heterocycles. The number of hydrogen-bond donors (Lipinski definition) is 2. The number of nitrogens with zero attached hydrogens (tertiary/aromatic N) is 2. The van der Waals surface area contributed by atoms with Crippen LogP contribution in [0.15, 0.2) is 30.6 Å². The second-order valence-corrected chi connectivity index (χ2v) is 4.47. The summed E-state index contributed by atoms with van der Waals surface area (Å²) >= 11 is 5.80. The molecule has 0 aliphatic carbocycles. The van der Waals surface area contributed by atoms with Gasteiger partial charge in [0.2, 0.25) is 0 Å². The molecule has 0 amide bonds. The SMILES string of the molecule is Cn1cc(C(CN)Nc2cc(F)cc(Cl)c2)cn1. The molecule has 96 valence electrons. The molecule has 1 aromatic heterocycles. The number of nitrogens with one attached hydrogen (secondary N) is 1. The molecule has 1 aromatic carbocycles. The monoisotopic (exact) mass is 268 g/mol. The van der Waals surface area contributed by atoms with Crippen molar-refractivity contribution in [2.24, 2.45) is 12.8 Å². The van der Waals surface area contributed by atoms with E-state index in [1.807, 2.05) is 13.2 Å². The third kappa shape index (κ3) is 3.00. The Hall–Kier alpha value is -1.59. The molecule has 0 saturated heterocycles. The Bertz CT molecular complexity index is 520. The van der Waals surface area contributed by atoms with Crippen LogP contribution in [0.4, 0.5) is 10.1 Å². The largest absolute Gasteiger partial charge is 0.377 e. The zero-order chi connectivity index (χ0) is 13.1. The van der Waals surface area contributed by atoms with E-state index in [2.05, 4.69) is 10.4 Å². The van der Waals surface area contributed by atoms with Crippen molar-refractivity contribution in [2.45, 2.75) is 6.04 Å². The van der Waals surface area contributed by atoms with E-state index in [9.17, 15) is 4.39 Å². The topological polar surface area (TPSA) is 55.9 Å². The molecule has 1 unspecified atom stereocenters. The highest BCUT2D eigenvalue weighted by atomic mass is 35.5. The van der Waals surface area contributed by atoms with Gasteiger partial charge < -0.3 is 11.1 Å². The van der Waals surface area contributed by atoms with E-state index in [-0.39, 0.29) is 11.9 Å². The molecular formula is C12H14ClFN4. The second-order valence-electron chi connectivity index (χ2n) is 4.04. The van der Waals surface area contributed by atoms with Gasteiger partial charge in [-0.15, -0.1) is 0 Å². The maximum absolute atomic E-state index is 13.2. The smallest absolute Gasteiger partial charge is 0.126 e. The Morgan fingerprint density at radius 2 is 2.28 bits per heavy atom. The fraction of sp³-hybridized carbons (Fsp3) is 0.250. The van der Waals surface area contributed by atoms with Crippen LogP contribution in [0.25, 0.3) is 0 Å². The molecular weight excluding hydrogens is 255 g/mol. The quantitative estimate of drug-likeness (QED) is 0.895. The number of nitrogens with two attached hydrogens (primary N) is 1. The molecule has 0 radical (unpaired) electrons. The first-order valence-corrected chi connectivity index (χ1v) is 5.87. The molecule has 0 aliphatic rings. The first kappa shape index (κ1) is 12.9. The first-order valence-electron chi connectivity index (χ1n) is 5.49. The summed E-state index contributed by atoms with van der Waals surface area (Å²) in [5.74, 6) is -0.382. The zero-order valence-electron chi connectivity index (χ0n) is 9.90. The molecule has 4 nitrogen and oxygen atoms in total. The van der Waals surface area contributed by atoms with Crippen molar-refractivity contribution in [3.63, 3.8) is 0 Å². The Labute approximate surface area is 110 Å². The third-order valence-electron chi connectivity index (χ3n) is 2.57. The highest BCUT2D eigenvalue weighted by molar-refractivity contribution is 6.30. The van der Waals surface area contributed by atoms with Crippen LogP contribution in [0.3, 0.4) is 0 Å². The second kappa shape index (κ2) is 5.37. The highest BCUT2D eigenvalue weighted by Gasteiger charge is 2.12. The van der Waals surface area contributed by atoms with Gasteiger partial charge in [-0.1, -0.05) is 11.6 Å². The van der Waals surface area contributed by atoms with Crippen molar-refractivity contribution in [2.75, 3.05) is 11.9 Å². The van der Waals surface area contributed by atoms with Gasteiger partial charge >= 0.3 is 0 Å². The van der Waals surface area contributed by atoms with Gasteiger partial charge in [0.05, 0.1) is 12.2 Å². The van der Waals surface area contributed by atoms with Gasteiger partial charge in [-0.25, -0.2) is 4.39 Å². The van der Waals surface area contributed by atoms with Crippen molar-refractivity contribution in [3.8, 4) is 0 Å². The molecule has 0 saturated carbocycles. The van der Waals surface area contributed by atoms with Crippen LogP contribution in [0.1, 0.15) is 11.6 Å². The van der Waals surface area contributed by atoms with E-state index < -0.39 is 0 Å². The van der Waals surface area contributed by atoms with Gasteiger partial charge in [-0.2, -0.15) is 5.10 Å². The van der Waals surface area contributed by atoms with Crippen molar-refractivity contribution in [1.82, 2.24) is 9.78 Å². The fourth-order valence-corrected chi connectivity index (χ4v) is 1.96. The summed E-state index contributed by atoms with van der Waals surface area (Å²) in [4.78, 5) is 0. The average Bonchev–Trinajstić information content (AvgIpc) is 2.71. The Balaban J connectivity index is 2.20. The molecule has 2 aromatic rings. The summed E-state index contributed by atoms with van der Waals surface area (Å²) < 4.78 is 14.9. The van der Waals surface area contributed by atoms with E-state index in [0.29, 0.717) is 17.3 Å². The van der Waals surface area contributed by atoms with Crippen molar-refractivity contribution < 1.29 is 4.39 Å². The Morgan fingerprint density at radius 1 is 1.50 bits per heavy atom. The maximum Gasteiger partial charge on any atom is 0.126 e. The minimum absolute atomic E-state index is 0.128. The summed E-state index contributed by atoms with van der Waals surface area (Å²) in [6.07, 6.45) is 3.59. The van der Waals surface area contributed by atoms with Crippen LogP contribution in [0.5, 0.6) is 0 Å². The van der Waals surface area contributed by atoms with Crippen LogP contribution in [-0.2, 0) is 7.05 Å². The molecule has 0 spiro atoms. The van der Waals surface area contributed by atoms with Crippen molar-refractivity contribution in [3.05, 3.63) is 47.0 Å². The Kier molecular flexibility index (Phi) is 3.84. The van der Waals surface area contributed by atoms with Crippen LogP contribution >= 0.6 is 11.6 Å². The van der Waals surface area contributed by atoms with Crippen LogP contribution in [0, 0.1) is 5.82 Å². The fourth-order valence-electron chi connectivity index (χ4n) is 1.74. The van der Waals surface area contributed by atoms with Gasteiger partial charge in [0.15, 0.2) is 0 Å². The standard InChI is InChI=1S/C12H14ClFN4/c1-18-7-8(6-16-18)12(5-15)17-11-3-9(13)2-10(14)4-11/h2-4,6-7,12,17H,5,15H2,1H3. The third-order valence-corrected chi connectivity index (χ3v) is 2.78. The molecule has 3 N–H and O–H groups in total. The van der Waals surface area contributed by atoms with Crippen molar-refractivity contribution in [1.29, 1.82) is 0 Å². The number of aryl methyl sites for hydroxylation is 1. The normalized spacial score (nSPS) is 12.4. The number of aromatic nitrogens is 2. The maximum atomic E-state index is 13.2. The number of halogens is 2. The van der Waals surface area contributed by atoms with E-state index in [0.717, 1.165) is 5.56 Å². The van der Waals surface area contributed by atoms with Crippen molar-refractivity contribution >= 4 is 17.3 Å². The summed E-state index contributed by atoms with van der Waals surface area (Å²) in [5, 5.41) is 7.57. The van der Waals surface area contributed by atoms with Crippen LogP contribution in [-0.4, -0.2) is 16.3 Å². The lowest BCUT2D eigenvalue weighted by molar-refractivity contribution is 0.627. The van der Waals surface area contributed by atoms with Crippen LogP contribution in [0.2, 0.25) is 5.02 Å². The Morgan fingerprint density at radius 3 is 2.83 bits per heavy atom. The molecule has 6 heteroatoms. The molecule has 0 bridgehead atoms. The molecule has 0 aliphatic heterocycles. The van der Waals surface area contributed by atoms with E-state index in [4.69, 9.17) is 17.3 Å². The first-order chi connectivity index (χ1) is 8.58. The van der Waals surface area contributed by atoms with E-state index >= 15 is 0 Å². The number of anilines is 1. The van der Waals surface area contributed by atoms with Gasteiger partial charge in [0, 0.05) is 36.1 Å². The summed E-state index contributed by atoms with van der Waals surface area (Å²) in [5.41, 5.74) is 7.25. The van der Waals surface area contributed by atoms with Gasteiger partial charge in [-0.05, 0) is 18.2 Å². The lowest BCUT2D eigenvalue weighted by Gasteiger charge is -2.16. The minimum atomic E-state index is -0.382. The number of rotatable bonds is 4. The molecule has 0 fully saturated rings. The van der Waals surface area contributed by atoms with Gasteiger partial charge in [-0.3, -0.25) is 4.68 Å². The van der Waals surface area contributed by atoms with E-state index in [1.165, 1.54) is 12.1 Å². The minimum Gasteiger partial charge on any atom is -0.377 e. The number of benzene rings is 1. The summed E-state index contributed by atoms with van der Waals surface area (Å²) in [6, 6.07) is 4.17. The van der Waals surface area contributed by atoms with E-state index in [1.54, 1.807) is 16.9 Å². The summed E-state index contributed by atoms with van der Waals surface area (Å²) in [6.45, 7) is 0.375. The average molecular weight is 269 g/mol. The lowest BCUT2D eigenvalue weighted by atomic mass is 10.1. The van der Waals surface area contributed by atoms with Gasteiger partial charge in [0.25, 0.3) is 0 Å². The van der Waals surface area contributed by atoms with Crippen LogP contribution < -0.4 is 11.1 Å². The zero-order valence-corrected chi connectivity index (χ0v) is 10.7. The predicted octanol–water partition coefficient (Wildman–Crippen LogP) is 2.32. The number of hydrogen-bond acceptors (Lipinski definition) is 3. The molecule has 1 atom stereocenters. The predicted molar refractivity (Wildman–Crippen MR) is 70.0 cm³/mol. The lowest BCUT2D eigenvalue weighted by Crippen LogP contribution is -2.20. The highest BCUT2D eigenvalue weighted by Crippen LogP contribution is 2.22. The van der Waals surface area contributed by atoms with Gasteiger partial charge in [0.1, 0.15) is 5.82 Å². The molecule has 18 heavy (non-hydrogen) atoms. The molecule has 2 rings (SSSR count).